The molecule has 3 N–H and O–H groups in total. The van der Waals surface area contributed by atoms with Crippen LogP contribution >= 0.6 is 28.1 Å². The van der Waals surface area contributed by atoms with E-state index in [0.717, 1.165) is 15.6 Å². The molecule has 0 aromatic heterocycles. The van der Waals surface area contributed by atoms with Crippen LogP contribution in [0.2, 0.25) is 0 Å². The molecule has 2 rings (SSSR count). The topological polar surface area (TPSA) is 55.1 Å². The van der Waals surface area contributed by atoms with Crippen LogP contribution in [0.25, 0.3) is 0 Å². The van der Waals surface area contributed by atoms with Crippen molar-refractivity contribution in [3.8, 4) is 0 Å². The summed E-state index contributed by atoms with van der Waals surface area (Å²) in [7, 11) is 0. The summed E-state index contributed by atoms with van der Waals surface area (Å²) in [6.45, 7) is 1.93. The summed E-state index contributed by atoms with van der Waals surface area (Å²) >= 11 is 8.46. The number of amides is 1. The quantitative estimate of drug-likeness (QED) is 0.818. The Morgan fingerprint density at radius 1 is 1.24 bits per heavy atom. The van der Waals surface area contributed by atoms with E-state index in [1.807, 2.05) is 49.4 Å². The van der Waals surface area contributed by atoms with Crippen molar-refractivity contribution in [1.82, 2.24) is 5.32 Å². The second-order valence-corrected chi connectivity index (χ2v) is 6.12. The van der Waals surface area contributed by atoms with Crippen molar-refractivity contribution >= 4 is 39.0 Å². The molecule has 0 saturated heterocycles. The van der Waals surface area contributed by atoms with Crippen LogP contribution in [-0.4, -0.2) is 10.9 Å². The second-order valence-electron chi connectivity index (χ2n) is 4.74. The Morgan fingerprint density at radius 3 is 2.48 bits per heavy atom. The Labute approximate surface area is 137 Å². The van der Waals surface area contributed by atoms with Gasteiger partial charge in [0.2, 0.25) is 0 Å². The van der Waals surface area contributed by atoms with E-state index in [0.29, 0.717) is 5.56 Å². The zero-order valence-corrected chi connectivity index (χ0v) is 13.9. The van der Waals surface area contributed by atoms with Crippen molar-refractivity contribution in [2.24, 2.45) is 5.73 Å². The Hall–Kier alpha value is -1.72. The summed E-state index contributed by atoms with van der Waals surface area (Å²) in [4.78, 5) is 12.6. The Morgan fingerprint density at radius 2 is 1.90 bits per heavy atom. The number of nitrogens with two attached hydrogens (primary N) is 1. The number of benzene rings is 2. The van der Waals surface area contributed by atoms with Crippen LogP contribution in [0.15, 0.2) is 53.0 Å². The van der Waals surface area contributed by atoms with Crippen molar-refractivity contribution < 1.29 is 4.79 Å². The van der Waals surface area contributed by atoms with Crippen molar-refractivity contribution in [2.75, 3.05) is 0 Å². The maximum atomic E-state index is 12.4. The van der Waals surface area contributed by atoms with E-state index in [2.05, 4.69) is 21.2 Å². The van der Waals surface area contributed by atoms with Crippen molar-refractivity contribution in [3.63, 3.8) is 0 Å². The van der Waals surface area contributed by atoms with E-state index in [1.54, 1.807) is 6.07 Å². The van der Waals surface area contributed by atoms with Crippen LogP contribution in [0.3, 0.4) is 0 Å². The summed E-state index contributed by atoms with van der Waals surface area (Å²) < 4.78 is 0.860. The minimum absolute atomic E-state index is 0.207. The molecular formula is C16H15BrN2OS. The number of hydrogen-bond donors (Lipinski definition) is 2. The van der Waals surface area contributed by atoms with Crippen LogP contribution in [0.1, 0.15) is 27.5 Å². The average Bonchev–Trinajstić information content (AvgIpc) is 2.44. The fraction of sp³-hybridized carbons (Fsp3) is 0.125. The van der Waals surface area contributed by atoms with Crippen LogP contribution in [0.5, 0.6) is 0 Å². The largest absolute Gasteiger partial charge is 0.391 e. The predicted octanol–water partition coefficient (Wildman–Crippen LogP) is 3.51. The van der Waals surface area contributed by atoms with Crippen LogP contribution in [-0.2, 0) is 0 Å². The third-order valence-corrected chi connectivity index (χ3v) is 3.69. The number of halogens is 1. The SMILES string of the molecule is Cc1cc(Br)cc(C(=O)NC(C(N)=S)c2ccccc2)c1. The highest BCUT2D eigenvalue weighted by Crippen LogP contribution is 2.18. The number of hydrogen-bond acceptors (Lipinski definition) is 2. The Bertz CT molecular complexity index is 653. The zero-order chi connectivity index (χ0) is 15.4. The van der Waals surface area contributed by atoms with Crippen molar-refractivity contribution in [1.29, 1.82) is 0 Å². The first kappa shape index (κ1) is 15.7. The third-order valence-electron chi connectivity index (χ3n) is 3.00. The van der Waals surface area contributed by atoms with Gasteiger partial charge < -0.3 is 11.1 Å². The summed E-state index contributed by atoms with van der Waals surface area (Å²) in [6, 6.07) is 14.5. The maximum absolute atomic E-state index is 12.4. The molecule has 0 aliphatic rings. The van der Waals surface area contributed by atoms with Crippen molar-refractivity contribution in [3.05, 3.63) is 69.7 Å². The standard InChI is InChI=1S/C16H15BrN2OS/c1-10-7-12(9-13(17)8-10)16(20)19-14(15(18)21)11-5-3-2-4-6-11/h2-9,14H,1H3,(H2,18,21)(H,19,20). The third kappa shape index (κ3) is 4.12. The van der Waals surface area contributed by atoms with Gasteiger partial charge in [-0.15, -0.1) is 0 Å². The molecule has 0 radical (unpaired) electrons. The van der Waals surface area contributed by atoms with E-state index in [-0.39, 0.29) is 10.9 Å². The first-order valence-corrected chi connectivity index (χ1v) is 7.60. The summed E-state index contributed by atoms with van der Waals surface area (Å²) in [5.74, 6) is -0.207. The fourth-order valence-electron chi connectivity index (χ4n) is 2.05. The summed E-state index contributed by atoms with van der Waals surface area (Å²) in [6.07, 6.45) is 0. The normalized spacial score (nSPS) is 11.7. The molecule has 3 nitrogen and oxygen atoms in total. The van der Waals surface area contributed by atoms with E-state index in [4.69, 9.17) is 18.0 Å². The van der Waals surface area contributed by atoms with Gasteiger partial charge in [-0.3, -0.25) is 4.79 Å². The van der Waals surface area contributed by atoms with E-state index in [9.17, 15) is 4.79 Å². The lowest BCUT2D eigenvalue weighted by molar-refractivity contribution is 0.0946. The predicted molar refractivity (Wildman–Crippen MR) is 92.3 cm³/mol. The molecule has 1 amide bonds. The second kappa shape index (κ2) is 6.83. The molecule has 2 aromatic rings. The van der Waals surface area contributed by atoms with Crippen LogP contribution in [0, 0.1) is 6.92 Å². The van der Waals surface area contributed by atoms with Gasteiger partial charge in [-0.1, -0.05) is 58.5 Å². The first-order valence-electron chi connectivity index (χ1n) is 6.39. The minimum atomic E-state index is -0.479. The highest BCUT2D eigenvalue weighted by atomic mass is 79.9. The Kier molecular flexibility index (Phi) is 5.09. The number of carbonyl (C=O) groups excluding carboxylic acids is 1. The van der Waals surface area contributed by atoms with Crippen molar-refractivity contribution in [2.45, 2.75) is 13.0 Å². The van der Waals surface area contributed by atoms with Gasteiger partial charge in [0.15, 0.2) is 0 Å². The van der Waals surface area contributed by atoms with Gasteiger partial charge in [-0.25, -0.2) is 0 Å². The highest BCUT2D eigenvalue weighted by molar-refractivity contribution is 9.10. The van der Waals surface area contributed by atoms with Gasteiger partial charge in [-0.05, 0) is 36.2 Å². The minimum Gasteiger partial charge on any atom is -0.391 e. The molecule has 1 atom stereocenters. The van der Waals surface area contributed by atoms with Crippen LogP contribution in [0.4, 0.5) is 0 Å². The molecule has 5 heteroatoms. The van der Waals surface area contributed by atoms with E-state index >= 15 is 0 Å². The van der Waals surface area contributed by atoms with E-state index < -0.39 is 6.04 Å². The molecule has 0 fully saturated rings. The van der Waals surface area contributed by atoms with Gasteiger partial charge in [0.25, 0.3) is 5.91 Å². The summed E-state index contributed by atoms with van der Waals surface area (Å²) in [5.41, 5.74) is 8.20. The number of carbonyl (C=O) groups is 1. The Balaban J connectivity index is 2.25. The highest BCUT2D eigenvalue weighted by Gasteiger charge is 2.18. The molecule has 0 spiro atoms. The number of thiocarbonyl (C=S) groups is 1. The zero-order valence-electron chi connectivity index (χ0n) is 11.5. The average molecular weight is 363 g/mol. The molecule has 0 heterocycles. The summed E-state index contributed by atoms with van der Waals surface area (Å²) in [5, 5.41) is 2.88. The number of aryl methyl sites for hydroxylation is 1. The van der Waals surface area contributed by atoms with Gasteiger partial charge >= 0.3 is 0 Å². The van der Waals surface area contributed by atoms with Gasteiger partial charge in [0, 0.05) is 10.0 Å². The maximum Gasteiger partial charge on any atom is 0.252 e. The molecule has 2 aromatic carbocycles. The molecule has 0 bridgehead atoms. The van der Waals surface area contributed by atoms with Gasteiger partial charge in [0.1, 0.15) is 11.0 Å². The first-order chi connectivity index (χ1) is 9.97. The smallest absolute Gasteiger partial charge is 0.252 e. The van der Waals surface area contributed by atoms with Gasteiger partial charge in [-0.2, -0.15) is 0 Å². The molecule has 0 aliphatic heterocycles. The fourth-order valence-corrected chi connectivity index (χ4v) is 2.85. The van der Waals surface area contributed by atoms with E-state index in [1.165, 1.54) is 0 Å². The molecular weight excluding hydrogens is 348 g/mol. The molecule has 1 unspecified atom stereocenters. The van der Waals surface area contributed by atoms with Crippen LogP contribution < -0.4 is 11.1 Å². The number of rotatable bonds is 4. The van der Waals surface area contributed by atoms with Gasteiger partial charge in [0.05, 0.1) is 0 Å². The number of nitrogens with one attached hydrogen (secondary N) is 1. The lowest BCUT2D eigenvalue weighted by Crippen LogP contribution is -2.36. The lowest BCUT2D eigenvalue weighted by Gasteiger charge is -2.18. The lowest BCUT2D eigenvalue weighted by atomic mass is 10.1. The molecule has 0 aliphatic carbocycles. The molecule has 108 valence electrons. The molecule has 0 saturated carbocycles. The molecule has 21 heavy (non-hydrogen) atoms. The monoisotopic (exact) mass is 362 g/mol.